The van der Waals surface area contributed by atoms with Crippen LogP contribution >= 0.6 is 0 Å². The second-order valence-electron chi connectivity index (χ2n) is 7.21. The largest absolute Gasteiger partial charge is 0.330 e. The van der Waals surface area contributed by atoms with E-state index < -0.39 is 0 Å². The maximum absolute atomic E-state index is 5.85. The molecule has 3 aromatic rings. The normalized spacial score (nSPS) is 18.2. The van der Waals surface area contributed by atoms with Gasteiger partial charge in [0, 0.05) is 13.1 Å². The van der Waals surface area contributed by atoms with E-state index in [-0.39, 0.29) is 0 Å². The summed E-state index contributed by atoms with van der Waals surface area (Å²) in [4.78, 5) is 7.42. The fourth-order valence-electron chi connectivity index (χ4n) is 3.75. The zero-order valence-corrected chi connectivity index (χ0v) is 14.9. The number of likely N-dealkylation sites (tertiary alicyclic amines) is 1. The molecule has 1 atom stereocenters. The van der Waals surface area contributed by atoms with Crippen LogP contribution in [0.4, 0.5) is 0 Å². The van der Waals surface area contributed by atoms with Crippen molar-refractivity contribution in [1.29, 1.82) is 0 Å². The molecule has 0 aliphatic carbocycles. The minimum atomic E-state index is 0.634. The van der Waals surface area contributed by atoms with Crippen LogP contribution in [-0.4, -0.2) is 34.1 Å². The van der Waals surface area contributed by atoms with Gasteiger partial charge in [0.15, 0.2) is 0 Å². The van der Waals surface area contributed by atoms with Gasteiger partial charge >= 0.3 is 0 Å². The zero-order valence-electron chi connectivity index (χ0n) is 14.9. The minimum Gasteiger partial charge on any atom is -0.330 e. The zero-order chi connectivity index (χ0) is 17.2. The third-order valence-electron chi connectivity index (χ3n) is 5.26. The number of para-hydroxylation sites is 2. The number of nitrogens with two attached hydrogens (primary N) is 1. The molecule has 2 N–H and O–H groups in total. The van der Waals surface area contributed by atoms with E-state index >= 15 is 0 Å². The highest BCUT2D eigenvalue weighted by molar-refractivity contribution is 5.76. The smallest absolute Gasteiger partial charge is 0.124 e. The topological polar surface area (TPSA) is 47.1 Å². The number of aromatic nitrogens is 2. The molecule has 1 aromatic heterocycles. The molecule has 0 bridgehead atoms. The maximum atomic E-state index is 5.85. The molecule has 1 saturated heterocycles. The van der Waals surface area contributed by atoms with E-state index in [1.807, 2.05) is 0 Å². The average Bonchev–Trinajstić information content (AvgIpc) is 3.22. The summed E-state index contributed by atoms with van der Waals surface area (Å²) in [6.45, 7) is 6.89. The monoisotopic (exact) mass is 334 g/mol. The molecule has 1 aliphatic rings. The van der Waals surface area contributed by atoms with Crippen LogP contribution in [0.3, 0.4) is 0 Å². The molecule has 1 aliphatic heterocycles. The van der Waals surface area contributed by atoms with Gasteiger partial charge in [0.05, 0.1) is 17.6 Å². The summed E-state index contributed by atoms with van der Waals surface area (Å²) in [5.41, 5.74) is 10.8. The summed E-state index contributed by atoms with van der Waals surface area (Å²) < 4.78 is 2.37. The van der Waals surface area contributed by atoms with Crippen LogP contribution in [-0.2, 0) is 13.1 Å². The lowest BCUT2D eigenvalue weighted by Gasteiger charge is -2.17. The van der Waals surface area contributed by atoms with E-state index in [4.69, 9.17) is 10.7 Å². The van der Waals surface area contributed by atoms with Gasteiger partial charge in [0.25, 0.3) is 0 Å². The van der Waals surface area contributed by atoms with Crippen molar-refractivity contribution in [3.8, 4) is 0 Å². The van der Waals surface area contributed by atoms with Crippen molar-refractivity contribution in [2.75, 3.05) is 19.6 Å². The van der Waals surface area contributed by atoms with Gasteiger partial charge in [-0.15, -0.1) is 0 Å². The van der Waals surface area contributed by atoms with E-state index in [9.17, 15) is 0 Å². The SMILES string of the molecule is Cc1ccc(Cn2c(CN3CC[C@H](CN)C3)nc3ccccc32)cc1. The quantitative estimate of drug-likeness (QED) is 0.779. The van der Waals surface area contributed by atoms with Crippen LogP contribution < -0.4 is 5.73 Å². The molecule has 0 saturated carbocycles. The molecular formula is C21H26N4. The van der Waals surface area contributed by atoms with E-state index in [0.717, 1.165) is 44.1 Å². The Morgan fingerprint density at radius 1 is 1.08 bits per heavy atom. The van der Waals surface area contributed by atoms with Crippen LogP contribution in [0.25, 0.3) is 11.0 Å². The highest BCUT2D eigenvalue weighted by Crippen LogP contribution is 2.22. The van der Waals surface area contributed by atoms with Crippen LogP contribution in [0.1, 0.15) is 23.4 Å². The molecule has 4 heteroatoms. The van der Waals surface area contributed by atoms with Crippen molar-refractivity contribution in [3.63, 3.8) is 0 Å². The molecule has 4 nitrogen and oxygen atoms in total. The average molecular weight is 334 g/mol. The van der Waals surface area contributed by atoms with Gasteiger partial charge in [0.1, 0.15) is 5.82 Å². The Balaban J connectivity index is 1.64. The van der Waals surface area contributed by atoms with E-state index in [2.05, 4.69) is 64.9 Å². The maximum Gasteiger partial charge on any atom is 0.124 e. The molecule has 2 aromatic carbocycles. The third kappa shape index (κ3) is 3.46. The van der Waals surface area contributed by atoms with Crippen LogP contribution in [0.2, 0.25) is 0 Å². The van der Waals surface area contributed by atoms with Gasteiger partial charge in [-0.05, 0) is 50.0 Å². The second kappa shape index (κ2) is 6.98. The Bertz CT molecular complexity index is 850. The van der Waals surface area contributed by atoms with E-state index in [1.165, 1.54) is 23.1 Å². The van der Waals surface area contributed by atoms with Crippen molar-refractivity contribution in [2.24, 2.45) is 11.7 Å². The molecule has 130 valence electrons. The molecule has 1 fully saturated rings. The molecular weight excluding hydrogens is 308 g/mol. The van der Waals surface area contributed by atoms with Gasteiger partial charge in [-0.1, -0.05) is 42.0 Å². The first-order chi connectivity index (χ1) is 12.2. The van der Waals surface area contributed by atoms with Crippen molar-refractivity contribution in [3.05, 3.63) is 65.5 Å². The Labute approximate surface area is 149 Å². The fraction of sp³-hybridized carbons (Fsp3) is 0.381. The summed E-state index contributed by atoms with van der Waals surface area (Å²) in [7, 11) is 0. The standard InChI is InChI=1S/C21H26N4/c1-16-6-8-17(9-7-16)14-25-20-5-3-2-4-19(20)23-21(25)15-24-11-10-18(12-22)13-24/h2-9,18H,10-15,22H2,1H3/t18-/m1/s1. The lowest BCUT2D eigenvalue weighted by Crippen LogP contribution is -2.24. The van der Waals surface area contributed by atoms with E-state index in [0.29, 0.717) is 5.92 Å². The molecule has 0 amide bonds. The number of hydrogen-bond acceptors (Lipinski definition) is 3. The molecule has 2 heterocycles. The molecule has 4 rings (SSSR count). The van der Waals surface area contributed by atoms with Crippen molar-refractivity contribution in [1.82, 2.24) is 14.5 Å². The molecule has 0 unspecified atom stereocenters. The van der Waals surface area contributed by atoms with Crippen LogP contribution in [0.15, 0.2) is 48.5 Å². The Kier molecular flexibility index (Phi) is 4.55. The van der Waals surface area contributed by atoms with Gasteiger partial charge in [-0.25, -0.2) is 4.98 Å². The van der Waals surface area contributed by atoms with Crippen molar-refractivity contribution in [2.45, 2.75) is 26.4 Å². The van der Waals surface area contributed by atoms with Gasteiger partial charge < -0.3 is 10.3 Å². The summed E-state index contributed by atoms with van der Waals surface area (Å²) >= 11 is 0. The minimum absolute atomic E-state index is 0.634. The van der Waals surface area contributed by atoms with E-state index in [1.54, 1.807) is 0 Å². The lowest BCUT2D eigenvalue weighted by atomic mass is 10.1. The Morgan fingerprint density at radius 3 is 2.64 bits per heavy atom. The van der Waals surface area contributed by atoms with Gasteiger partial charge in [0.2, 0.25) is 0 Å². The van der Waals surface area contributed by atoms with Crippen molar-refractivity contribution < 1.29 is 0 Å². The summed E-state index contributed by atoms with van der Waals surface area (Å²) in [5.74, 6) is 1.79. The number of fused-ring (bicyclic) bond motifs is 1. The third-order valence-corrected chi connectivity index (χ3v) is 5.26. The predicted molar refractivity (Wildman–Crippen MR) is 102 cm³/mol. The number of imidazole rings is 1. The number of hydrogen-bond donors (Lipinski definition) is 1. The molecule has 0 spiro atoms. The first kappa shape index (κ1) is 16.3. The number of benzene rings is 2. The fourth-order valence-corrected chi connectivity index (χ4v) is 3.75. The number of aryl methyl sites for hydroxylation is 1. The first-order valence-corrected chi connectivity index (χ1v) is 9.15. The Hall–Kier alpha value is -2.17. The van der Waals surface area contributed by atoms with Gasteiger partial charge in [-0.2, -0.15) is 0 Å². The molecule has 0 radical (unpaired) electrons. The highest BCUT2D eigenvalue weighted by Gasteiger charge is 2.23. The van der Waals surface area contributed by atoms with Crippen molar-refractivity contribution >= 4 is 11.0 Å². The molecule has 25 heavy (non-hydrogen) atoms. The highest BCUT2D eigenvalue weighted by atomic mass is 15.2. The Morgan fingerprint density at radius 2 is 1.88 bits per heavy atom. The summed E-state index contributed by atoms with van der Waals surface area (Å²) in [6.07, 6.45) is 1.20. The summed E-state index contributed by atoms with van der Waals surface area (Å²) in [5, 5.41) is 0. The first-order valence-electron chi connectivity index (χ1n) is 9.15. The second-order valence-corrected chi connectivity index (χ2v) is 7.21. The van der Waals surface area contributed by atoms with Gasteiger partial charge in [-0.3, -0.25) is 4.90 Å². The predicted octanol–water partition coefficient (Wildman–Crippen LogP) is 3.17. The van der Waals surface area contributed by atoms with Crippen LogP contribution in [0, 0.1) is 12.8 Å². The summed E-state index contributed by atoms with van der Waals surface area (Å²) in [6, 6.07) is 17.2. The lowest BCUT2D eigenvalue weighted by molar-refractivity contribution is 0.306. The van der Waals surface area contributed by atoms with Crippen LogP contribution in [0.5, 0.6) is 0 Å². The number of nitrogens with zero attached hydrogens (tertiary/aromatic N) is 3. The number of rotatable bonds is 5.